The molecule has 0 aliphatic rings. The number of nitrogens with one attached hydrogen (secondary N) is 1. The number of hydrogen-bond acceptors (Lipinski definition) is 5. The molecule has 0 atom stereocenters. The molecule has 1 N–H and O–H groups in total. The fraction of sp³-hybridized carbons (Fsp3) is 0.286. The van der Waals surface area contributed by atoms with E-state index in [9.17, 15) is 14.4 Å². The lowest BCUT2D eigenvalue weighted by Crippen LogP contribution is -2.40. The number of aromatic nitrogens is 2. The van der Waals surface area contributed by atoms with Crippen LogP contribution in [0.25, 0.3) is 10.9 Å². The largest absolute Gasteiger partial charge is 0.497 e. The molecule has 8 nitrogen and oxygen atoms in total. The van der Waals surface area contributed by atoms with Crippen molar-refractivity contribution in [3.05, 3.63) is 74.4 Å². The summed E-state index contributed by atoms with van der Waals surface area (Å²) in [5, 5.41) is 3.14. The minimum Gasteiger partial charge on any atom is -0.497 e. The number of hydrogen-bond donors (Lipinski definition) is 1. The molecule has 0 spiro atoms. The normalized spacial score (nSPS) is 10.9. The van der Waals surface area contributed by atoms with Gasteiger partial charge in [-0.2, -0.15) is 0 Å². The Balaban J connectivity index is 1.88. The van der Waals surface area contributed by atoms with E-state index in [2.05, 4.69) is 5.32 Å². The van der Waals surface area contributed by atoms with Gasteiger partial charge in [-0.1, -0.05) is 12.1 Å². The van der Waals surface area contributed by atoms with Crippen molar-refractivity contribution in [1.82, 2.24) is 14.5 Å². The summed E-state index contributed by atoms with van der Waals surface area (Å²) in [6.07, 6.45) is 0. The highest BCUT2D eigenvalue weighted by molar-refractivity contribution is 5.97. The molecule has 0 aliphatic heterocycles. The van der Waals surface area contributed by atoms with Gasteiger partial charge in [0.05, 0.1) is 31.2 Å². The van der Waals surface area contributed by atoms with Crippen LogP contribution in [0.1, 0.15) is 15.9 Å². The van der Waals surface area contributed by atoms with Crippen molar-refractivity contribution in [1.29, 1.82) is 0 Å². The van der Waals surface area contributed by atoms with Crippen molar-refractivity contribution in [2.45, 2.75) is 13.1 Å². The number of aryl methyl sites for hydroxylation is 1. The van der Waals surface area contributed by atoms with Crippen LogP contribution in [0.2, 0.25) is 0 Å². The highest BCUT2D eigenvalue weighted by atomic mass is 16.5. The third-order valence-electron chi connectivity index (χ3n) is 4.74. The van der Waals surface area contributed by atoms with Crippen LogP contribution in [0.15, 0.2) is 52.1 Å². The maximum atomic E-state index is 12.8. The first-order chi connectivity index (χ1) is 14.0. The first-order valence-electron chi connectivity index (χ1n) is 9.10. The molecule has 0 saturated carbocycles. The highest BCUT2D eigenvalue weighted by Crippen LogP contribution is 2.13. The van der Waals surface area contributed by atoms with E-state index in [1.165, 1.54) is 17.7 Å². The second-order valence-corrected chi connectivity index (χ2v) is 6.55. The molecule has 3 rings (SSSR count). The summed E-state index contributed by atoms with van der Waals surface area (Å²) in [5.41, 5.74) is 0.880. The van der Waals surface area contributed by atoms with E-state index in [0.717, 1.165) is 15.9 Å². The van der Waals surface area contributed by atoms with E-state index < -0.39 is 11.2 Å². The zero-order valence-corrected chi connectivity index (χ0v) is 16.6. The molecule has 0 fully saturated rings. The Bertz CT molecular complexity index is 1150. The number of carbonyl (C=O) groups excluding carboxylic acids is 1. The van der Waals surface area contributed by atoms with Gasteiger partial charge in [0, 0.05) is 26.3 Å². The number of nitrogens with zero attached hydrogens (tertiary/aromatic N) is 2. The molecule has 0 aliphatic carbocycles. The summed E-state index contributed by atoms with van der Waals surface area (Å²) in [7, 11) is 4.69. The maximum absolute atomic E-state index is 12.8. The van der Waals surface area contributed by atoms with Gasteiger partial charge in [-0.3, -0.25) is 18.7 Å². The minimum atomic E-state index is -0.440. The number of fused-ring (bicyclic) bond motifs is 1. The Morgan fingerprint density at radius 2 is 1.79 bits per heavy atom. The zero-order valence-electron chi connectivity index (χ0n) is 16.6. The fourth-order valence-electron chi connectivity index (χ4n) is 3.06. The summed E-state index contributed by atoms with van der Waals surface area (Å²) in [4.78, 5) is 37.8. The fourth-order valence-corrected chi connectivity index (χ4v) is 3.06. The van der Waals surface area contributed by atoms with Gasteiger partial charge < -0.3 is 14.8 Å². The lowest BCUT2D eigenvalue weighted by molar-refractivity contribution is 0.0951. The van der Waals surface area contributed by atoms with Gasteiger partial charge in [-0.15, -0.1) is 0 Å². The van der Waals surface area contributed by atoms with Crippen molar-refractivity contribution in [2.24, 2.45) is 7.05 Å². The molecule has 3 aromatic rings. The Hall–Kier alpha value is -3.39. The minimum absolute atomic E-state index is 0.145. The van der Waals surface area contributed by atoms with Gasteiger partial charge >= 0.3 is 5.69 Å². The Morgan fingerprint density at radius 3 is 2.45 bits per heavy atom. The zero-order chi connectivity index (χ0) is 21.0. The van der Waals surface area contributed by atoms with Gasteiger partial charge in [-0.25, -0.2) is 4.79 Å². The van der Waals surface area contributed by atoms with Crippen LogP contribution in [-0.4, -0.2) is 35.9 Å². The van der Waals surface area contributed by atoms with E-state index in [-0.39, 0.29) is 19.1 Å². The summed E-state index contributed by atoms with van der Waals surface area (Å²) in [5.74, 6) is 0.435. The van der Waals surface area contributed by atoms with E-state index >= 15 is 0 Å². The molecule has 8 heteroatoms. The molecule has 1 aromatic heterocycles. The molecule has 1 amide bonds. The van der Waals surface area contributed by atoms with Crippen LogP contribution in [0.5, 0.6) is 5.75 Å². The van der Waals surface area contributed by atoms with Crippen molar-refractivity contribution < 1.29 is 14.3 Å². The van der Waals surface area contributed by atoms with Crippen LogP contribution in [0.4, 0.5) is 0 Å². The third-order valence-corrected chi connectivity index (χ3v) is 4.74. The van der Waals surface area contributed by atoms with Gasteiger partial charge in [-0.05, 0) is 35.9 Å². The van der Waals surface area contributed by atoms with E-state index in [1.807, 2.05) is 24.3 Å². The average Bonchev–Trinajstić information content (AvgIpc) is 2.76. The predicted molar refractivity (Wildman–Crippen MR) is 109 cm³/mol. The van der Waals surface area contributed by atoms with E-state index in [4.69, 9.17) is 9.47 Å². The third kappa shape index (κ3) is 4.22. The molecule has 29 heavy (non-hydrogen) atoms. The molecule has 0 radical (unpaired) electrons. The van der Waals surface area contributed by atoms with E-state index in [1.54, 1.807) is 26.3 Å². The summed E-state index contributed by atoms with van der Waals surface area (Å²) >= 11 is 0. The van der Waals surface area contributed by atoms with Crippen molar-refractivity contribution in [2.75, 3.05) is 20.8 Å². The topological polar surface area (TPSA) is 91.6 Å². The number of carbonyl (C=O) groups is 1. The van der Waals surface area contributed by atoms with Crippen LogP contribution < -0.4 is 21.3 Å². The van der Waals surface area contributed by atoms with Crippen molar-refractivity contribution >= 4 is 16.8 Å². The maximum Gasteiger partial charge on any atom is 0.331 e. The molecule has 2 aromatic carbocycles. The van der Waals surface area contributed by atoms with Crippen LogP contribution in [0, 0.1) is 0 Å². The quantitative estimate of drug-likeness (QED) is 0.649. The molecule has 0 saturated heterocycles. The summed E-state index contributed by atoms with van der Waals surface area (Å²) in [6, 6.07) is 12.1. The lowest BCUT2D eigenvalue weighted by atomic mass is 10.1. The second kappa shape index (κ2) is 8.74. The average molecular weight is 397 g/mol. The SMILES string of the molecule is COCCn1c(=O)c2cc(C(=O)NCc3ccc(OC)cc3)ccc2n(C)c1=O. The predicted octanol–water partition coefficient (Wildman–Crippen LogP) is 1.29. The van der Waals surface area contributed by atoms with Gasteiger partial charge in [0.1, 0.15) is 5.75 Å². The Labute approximate surface area is 167 Å². The van der Waals surface area contributed by atoms with Crippen molar-refractivity contribution in [3.63, 3.8) is 0 Å². The molecular weight excluding hydrogens is 374 g/mol. The molecule has 1 heterocycles. The van der Waals surface area contributed by atoms with E-state index in [0.29, 0.717) is 23.0 Å². The first kappa shape index (κ1) is 20.3. The van der Waals surface area contributed by atoms with Crippen LogP contribution >= 0.6 is 0 Å². The molecule has 0 bridgehead atoms. The first-order valence-corrected chi connectivity index (χ1v) is 9.10. The van der Waals surface area contributed by atoms with Gasteiger partial charge in [0.2, 0.25) is 0 Å². The number of amides is 1. The second-order valence-electron chi connectivity index (χ2n) is 6.55. The molecule has 152 valence electrons. The number of benzene rings is 2. The van der Waals surface area contributed by atoms with Gasteiger partial charge in [0.25, 0.3) is 11.5 Å². The molecule has 0 unspecified atom stereocenters. The molecular formula is C21H23N3O5. The Morgan fingerprint density at radius 1 is 1.07 bits per heavy atom. The van der Waals surface area contributed by atoms with Crippen LogP contribution in [-0.2, 0) is 24.9 Å². The number of methoxy groups -OCH3 is 2. The van der Waals surface area contributed by atoms with Crippen molar-refractivity contribution in [3.8, 4) is 5.75 Å². The standard InChI is InChI=1S/C21H23N3O5/c1-23-18-9-6-15(12-17(18)20(26)24(21(23)27)10-11-28-2)19(25)22-13-14-4-7-16(29-3)8-5-14/h4-9,12H,10-11,13H2,1-3H3,(H,22,25). The summed E-state index contributed by atoms with van der Waals surface area (Å²) in [6.45, 7) is 0.723. The summed E-state index contributed by atoms with van der Waals surface area (Å²) < 4.78 is 12.6. The Kier molecular flexibility index (Phi) is 6.13. The highest BCUT2D eigenvalue weighted by Gasteiger charge is 2.14. The lowest BCUT2D eigenvalue weighted by Gasteiger charge is -2.12. The van der Waals surface area contributed by atoms with Gasteiger partial charge in [0.15, 0.2) is 0 Å². The van der Waals surface area contributed by atoms with Crippen LogP contribution in [0.3, 0.4) is 0 Å². The number of ether oxygens (including phenoxy) is 2. The monoisotopic (exact) mass is 397 g/mol. The smallest absolute Gasteiger partial charge is 0.331 e. The number of rotatable bonds is 7.